The third-order valence-electron chi connectivity index (χ3n) is 4.05. The Morgan fingerprint density at radius 3 is 2.45 bits per heavy atom. The highest BCUT2D eigenvalue weighted by molar-refractivity contribution is 5.93. The summed E-state index contributed by atoms with van der Waals surface area (Å²) in [6.07, 6.45) is -1.81. The highest BCUT2D eigenvalue weighted by Gasteiger charge is 2.21. The molecule has 0 spiro atoms. The van der Waals surface area contributed by atoms with E-state index in [0.29, 0.717) is 0 Å². The summed E-state index contributed by atoms with van der Waals surface area (Å²) in [6.45, 7) is -23.0. The normalized spacial score (nSPS) is 31.8. The van der Waals surface area contributed by atoms with Gasteiger partial charge in [0.2, 0.25) is 5.91 Å². The SMILES string of the molecule is [2H]C([2H])([2H])Oc1ccccc1OCC(O)CN1C([2H])([2H])C([2H])([2H])N(CC(=O)Nc2c(C([2H])([2H])[2H])cccc2C([2H])([2H])[2H])C([2H])([2H])C1([2H])[2H]. The Kier molecular flexibility index (Phi) is 3.41. The number of piperazine rings is 1. The van der Waals surface area contributed by atoms with Crippen molar-refractivity contribution in [3.8, 4) is 11.5 Å². The molecule has 31 heavy (non-hydrogen) atoms. The second-order valence-electron chi connectivity index (χ2n) is 6.43. The molecule has 0 bridgehead atoms. The van der Waals surface area contributed by atoms with Crippen LogP contribution in [0.4, 0.5) is 5.69 Å². The molecule has 0 aromatic heterocycles. The Hall–Kier alpha value is -2.61. The molecule has 1 aliphatic rings. The number of aryl methyl sites for hydroxylation is 2. The van der Waals surface area contributed by atoms with Gasteiger partial charge in [-0.3, -0.25) is 14.6 Å². The molecule has 2 aromatic carbocycles. The number of benzene rings is 2. The Morgan fingerprint density at radius 2 is 1.77 bits per heavy atom. The highest BCUT2D eigenvalue weighted by Crippen LogP contribution is 2.25. The standard InChI is InChI=1S/C24H33N3O4/c1-18-7-6-8-19(2)24(18)25-23(29)16-27-13-11-26(12-14-27)15-20(28)17-31-22-10-5-4-9-21(22)30-3/h4-10,20,28H,11-17H2,1-3H3,(H,25,29)/i1D3,2D3,3D3,11D2,12D2,13D2,14D2. The maximum Gasteiger partial charge on any atom is 0.238 e. The number of aliphatic hydroxyl groups excluding tert-OH is 1. The van der Waals surface area contributed by atoms with Crippen LogP contribution in [0, 0.1) is 13.7 Å². The van der Waals surface area contributed by atoms with E-state index in [1.165, 1.54) is 24.3 Å². The van der Waals surface area contributed by atoms with Crippen molar-refractivity contribution in [3.05, 3.63) is 53.6 Å². The summed E-state index contributed by atoms with van der Waals surface area (Å²) in [7, 11) is -2.85. The molecule has 7 heteroatoms. The van der Waals surface area contributed by atoms with Crippen LogP contribution < -0.4 is 14.8 Å². The molecule has 1 aliphatic heterocycles. The molecule has 1 amide bonds. The zero-order valence-electron chi connectivity index (χ0n) is 33.3. The van der Waals surface area contributed by atoms with Crippen molar-refractivity contribution in [3.63, 3.8) is 0 Å². The third-order valence-corrected chi connectivity index (χ3v) is 4.05. The number of rotatable bonds is 9. The lowest BCUT2D eigenvalue weighted by molar-refractivity contribution is -0.117. The fraction of sp³-hybridized carbons (Fsp3) is 0.458. The topological polar surface area (TPSA) is 74.3 Å². The van der Waals surface area contributed by atoms with E-state index in [0.717, 1.165) is 18.2 Å². The quantitative estimate of drug-likeness (QED) is 0.618. The number of aliphatic hydroxyl groups is 1. The molecule has 0 aliphatic carbocycles. The van der Waals surface area contributed by atoms with Crippen molar-refractivity contribution in [2.24, 2.45) is 0 Å². The molecule has 3 rings (SSSR count). The minimum absolute atomic E-state index is 0.0515. The number of carbonyl (C=O) groups is 1. The van der Waals surface area contributed by atoms with Crippen molar-refractivity contribution in [1.82, 2.24) is 9.80 Å². The molecule has 2 N–H and O–H groups in total. The fourth-order valence-electron chi connectivity index (χ4n) is 2.58. The number of anilines is 1. The molecule has 7 nitrogen and oxygen atoms in total. The van der Waals surface area contributed by atoms with Gasteiger partial charge in [0.05, 0.1) is 17.7 Å². The van der Waals surface area contributed by atoms with Gasteiger partial charge in [-0.15, -0.1) is 0 Å². The van der Waals surface area contributed by atoms with Crippen LogP contribution in [0.25, 0.3) is 0 Å². The molecule has 168 valence electrons. The molecule has 2 aromatic rings. The predicted molar refractivity (Wildman–Crippen MR) is 122 cm³/mol. The van der Waals surface area contributed by atoms with Crippen LogP contribution in [0.1, 0.15) is 34.4 Å². The summed E-state index contributed by atoms with van der Waals surface area (Å²) >= 11 is 0. The number of carbonyl (C=O) groups excluding carboxylic acids is 1. The monoisotopic (exact) mass is 444 g/mol. The van der Waals surface area contributed by atoms with Gasteiger partial charge in [-0.2, -0.15) is 0 Å². The zero-order valence-corrected chi connectivity index (χ0v) is 16.3. The third kappa shape index (κ3) is 6.69. The van der Waals surface area contributed by atoms with Gasteiger partial charge in [0, 0.05) is 57.4 Å². The van der Waals surface area contributed by atoms with Crippen molar-refractivity contribution in [2.75, 3.05) is 58.0 Å². The zero-order chi connectivity index (χ0) is 36.9. The molecule has 1 atom stereocenters. The summed E-state index contributed by atoms with van der Waals surface area (Å²) in [6, 6.07) is 8.65. The van der Waals surface area contributed by atoms with E-state index in [1.54, 1.807) is 0 Å². The fourth-order valence-corrected chi connectivity index (χ4v) is 2.58. The first-order valence-corrected chi connectivity index (χ1v) is 9.13. The first-order valence-electron chi connectivity index (χ1n) is 17.6. The predicted octanol–water partition coefficient (Wildman–Crippen LogP) is 2.31. The number of methoxy groups -OCH3 is 1. The van der Waals surface area contributed by atoms with Crippen LogP contribution in [0.15, 0.2) is 42.5 Å². The first kappa shape index (κ1) is 9.48. The van der Waals surface area contributed by atoms with E-state index in [1.807, 2.05) is 0 Å². The van der Waals surface area contributed by atoms with Crippen LogP contribution in [-0.2, 0) is 4.79 Å². The average Bonchev–Trinajstić information content (AvgIpc) is 2.91. The maximum absolute atomic E-state index is 13.2. The van der Waals surface area contributed by atoms with E-state index >= 15 is 0 Å². The number of nitrogens with one attached hydrogen (secondary N) is 1. The van der Waals surface area contributed by atoms with Crippen molar-refractivity contribution in [2.45, 2.75) is 19.8 Å². The number of hydrogen-bond acceptors (Lipinski definition) is 6. The minimum Gasteiger partial charge on any atom is -0.493 e. The van der Waals surface area contributed by atoms with E-state index in [-0.39, 0.29) is 21.3 Å². The summed E-state index contributed by atoms with van der Waals surface area (Å²) in [5.74, 6) is -1.76. The molecule has 0 saturated carbocycles. The molecular weight excluding hydrogens is 394 g/mol. The van der Waals surface area contributed by atoms with Crippen LogP contribution in [-0.4, -0.2) is 79.6 Å². The van der Waals surface area contributed by atoms with Gasteiger partial charge in [-0.25, -0.2) is 0 Å². The largest absolute Gasteiger partial charge is 0.493 e. The molecule has 1 unspecified atom stereocenters. The number of hydrogen-bond donors (Lipinski definition) is 2. The van der Waals surface area contributed by atoms with E-state index in [9.17, 15) is 9.90 Å². The van der Waals surface area contributed by atoms with E-state index < -0.39 is 95.3 Å². The van der Waals surface area contributed by atoms with Crippen LogP contribution in [0.2, 0.25) is 0 Å². The average molecular weight is 445 g/mol. The van der Waals surface area contributed by atoms with Crippen LogP contribution in [0.5, 0.6) is 11.5 Å². The number of amides is 1. The van der Waals surface area contributed by atoms with Gasteiger partial charge in [0.25, 0.3) is 0 Å². The van der Waals surface area contributed by atoms with Crippen LogP contribution >= 0.6 is 0 Å². The minimum atomic E-state index is -3.52. The molecule has 1 fully saturated rings. The number of ether oxygens (including phenoxy) is 2. The summed E-state index contributed by atoms with van der Waals surface area (Å²) in [5.41, 5.74) is -1.84. The number of nitrogens with zero attached hydrogens (tertiary/aromatic N) is 2. The van der Waals surface area contributed by atoms with Crippen LogP contribution in [0.3, 0.4) is 0 Å². The van der Waals surface area contributed by atoms with E-state index in [4.69, 9.17) is 32.8 Å². The summed E-state index contributed by atoms with van der Waals surface area (Å²) in [5, 5.41) is 12.8. The van der Waals surface area contributed by atoms with Crippen molar-refractivity contribution in [1.29, 1.82) is 0 Å². The Balaban J connectivity index is 1.89. The lowest BCUT2D eigenvalue weighted by Crippen LogP contribution is -2.50. The molecule has 1 saturated heterocycles. The molecular formula is C24H33N3O4. The second-order valence-corrected chi connectivity index (χ2v) is 6.43. The highest BCUT2D eigenvalue weighted by atomic mass is 16.5. The Morgan fingerprint density at radius 1 is 1.10 bits per heavy atom. The molecule has 0 radical (unpaired) electrons. The van der Waals surface area contributed by atoms with Gasteiger partial charge >= 0.3 is 0 Å². The van der Waals surface area contributed by atoms with Gasteiger partial charge in [0.1, 0.15) is 12.7 Å². The lowest BCUT2D eigenvalue weighted by atomic mass is 10.1. The number of β-amino-alcohol motifs (C(OH)–C–C–N with tert-alkyl or cyclic N) is 1. The molecule has 1 heterocycles. The maximum atomic E-state index is 13.2. The van der Waals surface area contributed by atoms with Gasteiger partial charge < -0.3 is 19.9 Å². The summed E-state index contributed by atoms with van der Waals surface area (Å²) in [4.78, 5) is 13.3. The van der Waals surface area contributed by atoms with Gasteiger partial charge in [-0.1, -0.05) is 30.3 Å². The second kappa shape index (κ2) is 11.1. The summed E-state index contributed by atoms with van der Waals surface area (Å²) < 4.78 is 147. The number of para-hydroxylation sites is 3. The van der Waals surface area contributed by atoms with Gasteiger partial charge in [0.15, 0.2) is 11.5 Å². The smallest absolute Gasteiger partial charge is 0.238 e. The first-order chi connectivity index (χ1) is 21.5. The Bertz CT molecular complexity index is 1420. The Labute approximate surface area is 208 Å². The van der Waals surface area contributed by atoms with Gasteiger partial charge in [-0.05, 0) is 37.0 Å². The lowest BCUT2D eigenvalue weighted by Gasteiger charge is -2.35. The van der Waals surface area contributed by atoms with E-state index in [2.05, 4.69) is 5.32 Å². The van der Waals surface area contributed by atoms with Crippen molar-refractivity contribution >= 4 is 11.6 Å². The van der Waals surface area contributed by atoms with Crippen molar-refractivity contribution < 1.29 is 42.7 Å².